The van der Waals surface area contributed by atoms with Gasteiger partial charge in [-0.05, 0) is 61.2 Å². The maximum Gasteiger partial charge on any atom is 0.157 e. The summed E-state index contributed by atoms with van der Waals surface area (Å²) in [5.74, 6) is 0.473. The standard InChI is InChI=1S/C15H21NOS/c17-14(11-13-5-10-18-12-13)15(6-1-2-7-15)16-8-3-4-9-16/h5,10,12H,1-4,6-9,11H2. The Hall–Kier alpha value is -0.670. The zero-order valence-corrected chi connectivity index (χ0v) is 11.7. The molecule has 1 saturated heterocycles. The number of Topliss-reactive ketones (excluding diaryl/α,β-unsaturated/α-hetero) is 1. The van der Waals surface area contributed by atoms with Crippen LogP contribution in [0.3, 0.4) is 0 Å². The van der Waals surface area contributed by atoms with E-state index in [1.807, 2.05) is 0 Å². The van der Waals surface area contributed by atoms with Gasteiger partial charge in [-0.1, -0.05) is 12.8 Å². The predicted molar refractivity (Wildman–Crippen MR) is 75.0 cm³/mol. The van der Waals surface area contributed by atoms with Crippen LogP contribution in [0, 0.1) is 0 Å². The highest BCUT2D eigenvalue weighted by molar-refractivity contribution is 7.08. The number of thiophene rings is 1. The maximum atomic E-state index is 12.8. The SMILES string of the molecule is O=C(Cc1ccsc1)C1(N2CCCC2)CCCC1. The molecule has 0 amide bonds. The summed E-state index contributed by atoms with van der Waals surface area (Å²) < 4.78 is 0. The second-order valence-corrected chi connectivity index (χ2v) is 6.44. The Labute approximate surface area is 113 Å². The third kappa shape index (κ3) is 2.14. The molecule has 1 saturated carbocycles. The first-order valence-electron chi connectivity index (χ1n) is 7.11. The summed E-state index contributed by atoms with van der Waals surface area (Å²) in [6.45, 7) is 2.27. The molecule has 1 aromatic rings. The van der Waals surface area contributed by atoms with Gasteiger partial charge in [0.05, 0.1) is 5.54 Å². The van der Waals surface area contributed by atoms with E-state index in [0.717, 1.165) is 25.9 Å². The molecule has 3 heteroatoms. The van der Waals surface area contributed by atoms with Crippen molar-refractivity contribution < 1.29 is 4.79 Å². The van der Waals surface area contributed by atoms with Crippen LogP contribution in [0.1, 0.15) is 44.1 Å². The summed E-state index contributed by atoms with van der Waals surface area (Å²) >= 11 is 1.69. The molecule has 0 atom stereocenters. The van der Waals surface area contributed by atoms with Crippen molar-refractivity contribution in [2.24, 2.45) is 0 Å². The van der Waals surface area contributed by atoms with E-state index < -0.39 is 0 Å². The van der Waals surface area contributed by atoms with E-state index in [-0.39, 0.29) is 5.54 Å². The fourth-order valence-corrected chi connectivity index (χ4v) is 4.29. The van der Waals surface area contributed by atoms with Crippen LogP contribution in [0.5, 0.6) is 0 Å². The van der Waals surface area contributed by atoms with Crippen LogP contribution in [-0.2, 0) is 11.2 Å². The Kier molecular flexibility index (Phi) is 3.53. The number of likely N-dealkylation sites (tertiary alicyclic amines) is 1. The quantitative estimate of drug-likeness (QED) is 0.831. The molecule has 3 rings (SSSR count). The largest absolute Gasteiger partial charge is 0.297 e. The molecule has 18 heavy (non-hydrogen) atoms. The molecule has 1 aliphatic carbocycles. The van der Waals surface area contributed by atoms with Crippen molar-refractivity contribution in [2.75, 3.05) is 13.1 Å². The Morgan fingerprint density at radius 3 is 2.56 bits per heavy atom. The lowest BCUT2D eigenvalue weighted by Gasteiger charge is -2.37. The van der Waals surface area contributed by atoms with Gasteiger partial charge in [-0.3, -0.25) is 9.69 Å². The van der Waals surface area contributed by atoms with Gasteiger partial charge in [-0.15, -0.1) is 0 Å². The highest BCUT2D eigenvalue weighted by Gasteiger charge is 2.45. The lowest BCUT2D eigenvalue weighted by atomic mass is 9.87. The molecular formula is C15H21NOS. The van der Waals surface area contributed by atoms with Gasteiger partial charge in [0.2, 0.25) is 0 Å². The average molecular weight is 263 g/mol. The Bertz CT molecular complexity index is 400. The topological polar surface area (TPSA) is 20.3 Å². The van der Waals surface area contributed by atoms with E-state index in [9.17, 15) is 4.79 Å². The second-order valence-electron chi connectivity index (χ2n) is 5.66. The number of ketones is 1. The van der Waals surface area contributed by atoms with Crippen LogP contribution in [-0.4, -0.2) is 29.3 Å². The van der Waals surface area contributed by atoms with Crippen molar-refractivity contribution in [3.05, 3.63) is 22.4 Å². The number of carbonyl (C=O) groups excluding carboxylic acids is 1. The number of hydrogen-bond acceptors (Lipinski definition) is 3. The molecule has 0 unspecified atom stereocenters. The summed E-state index contributed by atoms with van der Waals surface area (Å²) in [7, 11) is 0. The monoisotopic (exact) mass is 263 g/mol. The van der Waals surface area contributed by atoms with Crippen LogP contribution in [0.2, 0.25) is 0 Å². The normalized spacial score (nSPS) is 23.6. The van der Waals surface area contributed by atoms with Gasteiger partial charge >= 0.3 is 0 Å². The first kappa shape index (κ1) is 12.4. The van der Waals surface area contributed by atoms with E-state index in [1.165, 1.54) is 31.2 Å². The first-order valence-corrected chi connectivity index (χ1v) is 8.05. The molecular weight excluding hydrogens is 242 g/mol. The molecule has 98 valence electrons. The summed E-state index contributed by atoms with van der Waals surface area (Å²) in [5, 5.41) is 4.18. The molecule has 2 aliphatic rings. The van der Waals surface area contributed by atoms with Gasteiger partial charge in [0.1, 0.15) is 0 Å². The number of nitrogens with zero attached hydrogens (tertiary/aromatic N) is 1. The minimum absolute atomic E-state index is 0.0988. The smallest absolute Gasteiger partial charge is 0.157 e. The minimum atomic E-state index is -0.0988. The predicted octanol–water partition coefficient (Wildman–Crippen LogP) is 3.27. The van der Waals surface area contributed by atoms with Crippen LogP contribution >= 0.6 is 11.3 Å². The van der Waals surface area contributed by atoms with Crippen molar-refractivity contribution in [3.63, 3.8) is 0 Å². The van der Waals surface area contributed by atoms with E-state index >= 15 is 0 Å². The van der Waals surface area contributed by atoms with E-state index in [1.54, 1.807) is 11.3 Å². The first-order chi connectivity index (χ1) is 8.81. The van der Waals surface area contributed by atoms with Gasteiger partial charge in [-0.25, -0.2) is 0 Å². The average Bonchev–Trinajstić information content (AvgIpc) is 3.12. The highest BCUT2D eigenvalue weighted by atomic mass is 32.1. The van der Waals surface area contributed by atoms with Crippen LogP contribution < -0.4 is 0 Å². The van der Waals surface area contributed by atoms with Gasteiger partial charge in [0.15, 0.2) is 5.78 Å². The fraction of sp³-hybridized carbons (Fsp3) is 0.667. The molecule has 1 aliphatic heterocycles. The van der Waals surface area contributed by atoms with Crippen LogP contribution in [0.25, 0.3) is 0 Å². The molecule has 1 aromatic heterocycles. The van der Waals surface area contributed by atoms with Gasteiger partial charge in [0.25, 0.3) is 0 Å². The van der Waals surface area contributed by atoms with Gasteiger partial charge < -0.3 is 0 Å². The summed E-state index contributed by atoms with van der Waals surface area (Å²) in [5.41, 5.74) is 1.11. The summed E-state index contributed by atoms with van der Waals surface area (Å²) in [6, 6.07) is 2.09. The molecule has 2 fully saturated rings. The lowest BCUT2D eigenvalue weighted by molar-refractivity contribution is -0.129. The van der Waals surface area contributed by atoms with Crippen LogP contribution in [0.15, 0.2) is 16.8 Å². The zero-order valence-electron chi connectivity index (χ0n) is 10.9. The molecule has 2 heterocycles. The second kappa shape index (κ2) is 5.14. The van der Waals surface area contributed by atoms with E-state index in [0.29, 0.717) is 12.2 Å². The minimum Gasteiger partial charge on any atom is -0.297 e. The van der Waals surface area contributed by atoms with Gasteiger partial charge in [-0.2, -0.15) is 11.3 Å². The van der Waals surface area contributed by atoms with E-state index in [4.69, 9.17) is 0 Å². The summed E-state index contributed by atoms with van der Waals surface area (Å²) in [4.78, 5) is 15.3. The molecule has 0 spiro atoms. The van der Waals surface area contributed by atoms with Crippen molar-refractivity contribution in [2.45, 2.75) is 50.5 Å². The number of hydrogen-bond donors (Lipinski definition) is 0. The number of rotatable bonds is 4. The molecule has 0 bridgehead atoms. The van der Waals surface area contributed by atoms with Crippen molar-refractivity contribution >= 4 is 17.1 Å². The zero-order chi connectivity index (χ0) is 12.4. The lowest BCUT2D eigenvalue weighted by Crippen LogP contribution is -2.52. The Balaban J connectivity index is 1.78. The van der Waals surface area contributed by atoms with Crippen molar-refractivity contribution in [1.29, 1.82) is 0 Å². The number of carbonyl (C=O) groups is 1. The maximum absolute atomic E-state index is 12.8. The molecule has 0 radical (unpaired) electrons. The molecule has 0 aromatic carbocycles. The molecule has 2 nitrogen and oxygen atoms in total. The van der Waals surface area contributed by atoms with Crippen molar-refractivity contribution in [1.82, 2.24) is 4.90 Å². The fourth-order valence-electron chi connectivity index (χ4n) is 3.62. The Morgan fingerprint density at radius 2 is 1.94 bits per heavy atom. The molecule has 0 N–H and O–H groups in total. The van der Waals surface area contributed by atoms with Gasteiger partial charge in [0, 0.05) is 6.42 Å². The highest BCUT2D eigenvalue weighted by Crippen LogP contribution is 2.39. The Morgan fingerprint density at radius 1 is 1.22 bits per heavy atom. The third-order valence-electron chi connectivity index (χ3n) is 4.61. The van der Waals surface area contributed by atoms with E-state index in [2.05, 4.69) is 21.7 Å². The van der Waals surface area contributed by atoms with Crippen LogP contribution in [0.4, 0.5) is 0 Å². The third-order valence-corrected chi connectivity index (χ3v) is 5.34. The van der Waals surface area contributed by atoms with Crippen molar-refractivity contribution in [3.8, 4) is 0 Å². The summed E-state index contributed by atoms with van der Waals surface area (Å²) in [6.07, 6.45) is 7.82.